The summed E-state index contributed by atoms with van der Waals surface area (Å²) in [7, 11) is 0. The highest BCUT2D eigenvalue weighted by Crippen LogP contribution is 2.09. The topological polar surface area (TPSA) is 222 Å². The normalized spacial score (nSPS) is 15.4. The number of hydrogen-bond donors (Lipinski definition) is 7. The number of hydrogen-bond acceptors (Lipinski definition) is 7. The van der Waals surface area contributed by atoms with E-state index in [1.807, 2.05) is 0 Å². The van der Waals surface area contributed by atoms with Gasteiger partial charge >= 0.3 is 5.97 Å². The lowest BCUT2D eigenvalue weighted by Crippen LogP contribution is -2.57. The summed E-state index contributed by atoms with van der Waals surface area (Å²) >= 11 is 0. The Morgan fingerprint density at radius 1 is 1.09 bits per heavy atom. The van der Waals surface area contributed by atoms with Gasteiger partial charge < -0.3 is 37.5 Å². The third kappa shape index (κ3) is 9.27. The Kier molecular flexibility index (Phi) is 11.0. The molecule has 13 heteroatoms. The van der Waals surface area contributed by atoms with Gasteiger partial charge in [-0.1, -0.05) is 20.3 Å². The van der Waals surface area contributed by atoms with E-state index in [4.69, 9.17) is 11.5 Å². The van der Waals surface area contributed by atoms with Gasteiger partial charge in [0.05, 0.1) is 12.4 Å². The number of imidazole rings is 1. The van der Waals surface area contributed by atoms with E-state index in [2.05, 4.69) is 25.9 Å². The van der Waals surface area contributed by atoms with E-state index in [-0.39, 0.29) is 25.2 Å². The van der Waals surface area contributed by atoms with Gasteiger partial charge in [-0.2, -0.15) is 0 Å². The van der Waals surface area contributed by atoms with Crippen molar-refractivity contribution in [2.75, 3.05) is 0 Å². The van der Waals surface area contributed by atoms with E-state index in [1.165, 1.54) is 19.4 Å². The van der Waals surface area contributed by atoms with Crippen molar-refractivity contribution in [3.05, 3.63) is 18.2 Å². The quantitative estimate of drug-likeness (QED) is 0.164. The molecule has 0 bridgehead atoms. The van der Waals surface area contributed by atoms with Crippen molar-refractivity contribution in [3.63, 3.8) is 0 Å². The third-order valence-corrected chi connectivity index (χ3v) is 5.18. The third-order valence-electron chi connectivity index (χ3n) is 5.18. The Hall–Kier alpha value is -3.48. The molecule has 0 spiro atoms. The lowest BCUT2D eigenvalue weighted by molar-refractivity contribution is -0.143. The molecule has 1 heterocycles. The molecule has 1 aromatic rings. The number of carboxylic acids is 1. The van der Waals surface area contributed by atoms with Crippen molar-refractivity contribution in [1.82, 2.24) is 25.9 Å². The van der Waals surface area contributed by atoms with Gasteiger partial charge in [0.1, 0.15) is 18.1 Å². The number of aliphatic carboxylic acids is 1. The predicted molar refractivity (Wildman–Crippen MR) is 117 cm³/mol. The number of rotatable bonds is 14. The van der Waals surface area contributed by atoms with Crippen molar-refractivity contribution >= 4 is 29.6 Å². The molecule has 0 saturated carbocycles. The van der Waals surface area contributed by atoms with Crippen LogP contribution in [0.5, 0.6) is 0 Å². The first kappa shape index (κ1) is 27.6. The summed E-state index contributed by atoms with van der Waals surface area (Å²) in [5.41, 5.74) is 11.3. The average molecular weight is 468 g/mol. The number of nitrogens with two attached hydrogens (primary N) is 2. The number of H-pyrrole nitrogens is 1. The second-order valence-electron chi connectivity index (χ2n) is 7.89. The number of carboxylic acid groups (broad SMARTS) is 1. The molecule has 5 atom stereocenters. The van der Waals surface area contributed by atoms with Gasteiger partial charge in [-0.25, -0.2) is 9.78 Å². The summed E-state index contributed by atoms with van der Waals surface area (Å²) in [5.74, 6) is -4.15. The Morgan fingerprint density at radius 3 is 2.27 bits per heavy atom. The van der Waals surface area contributed by atoms with Gasteiger partial charge in [0.25, 0.3) is 0 Å². The molecular weight excluding hydrogens is 434 g/mol. The molecule has 5 unspecified atom stereocenters. The second kappa shape index (κ2) is 13.2. The zero-order chi connectivity index (χ0) is 25.1. The van der Waals surface area contributed by atoms with Crippen LogP contribution in [0.15, 0.2) is 12.5 Å². The lowest BCUT2D eigenvalue weighted by Gasteiger charge is -2.25. The highest BCUT2D eigenvalue weighted by atomic mass is 16.4. The van der Waals surface area contributed by atoms with Crippen LogP contribution in [0.1, 0.15) is 45.7 Å². The summed E-state index contributed by atoms with van der Waals surface area (Å²) in [6, 6.07) is -4.36. The largest absolute Gasteiger partial charge is 0.480 e. The van der Waals surface area contributed by atoms with Gasteiger partial charge in [-0.3, -0.25) is 19.2 Å². The van der Waals surface area contributed by atoms with E-state index in [0.717, 1.165) is 0 Å². The van der Waals surface area contributed by atoms with Gasteiger partial charge in [0.2, 0.25) is 23.6 Å². The van der Waals surface area contributed by atoms with Crippen molar-refractivity contribution in [3.8, 4) is 0 Å². The fourth-order valence-corrected chi connectivity index (χ4v) is 2.87. The van der Waals surface area contributed by atoms with Crippen LogP contribution >= 0.6 is 0 Å². The Bertz CT molecular complexity index is 829. The van der Waals surface area contributed by atoms with Gasteiger partial charge in [-0.05, 0) is 19.3 Å². The molecule has 0 fully saturated rings. The fourth-order valence-electron chi connectivity index (χ4n) is 2.87. The van der Waals surface area contributed by atoms with Crippen LogP contribution in [0.2, 0.25) is 0 Å². The smallest absolute Gasteiger partial charge is 0.326 e. The first-order valence-electron chi connectivity index (χ1n) is 10.6. The molecule has 0 saturated heterocycles. The summed E-state index contributed by atoms with van der Waals surface area (Å²) in [6.45, 7) is 4.90. The number of nitrogens with zero attached hydrogens (tertiary/aromatic N) is 1. The zero-order valence-corrected chi connectivity index (χ0v) is 19.0. The molecule has 9 N–H and O–H groups in total. The summed E-state index contributed by atoms with van der Waals surface area (Å²) in [6.07, 6.45) is 3.35. The molecule has 0 aliphatic rings. The molecule has 1 aromatic heterocycles. The first-order valence-corrected chi connectivity index (χ1v) is 10.6. The molecule has 1 rings (SSSR count). The first-order chi connectivity index (χ1) is 15.5. The van der Waals surface area contributed by atoms with Crippen LogP contribution in [0, 0.1) is 5.92 Å². The molecule has 13 nitrogen and oxygen atoms in total. The van der Waals surface area contributed by atoms with Gasteiger partial charge in [0, 0.05) is 24.7 Å². The highest BCUT2D eigenvalue weighted by molar-refractivity contribution is 5.94. The van der Waals surface area contributed by atoms with Crippen LogP contribution < -0.4 is 27.4 Å². The van der Waals surface area contributed by atoms with E-state index >= 15 is 0 Å². The standard InChI is InChI=1S/C20H33N7O6/c1-4-10(2)16(20(32)33)27-19(31)14(7-12-8-23-9-24-12)26-17(29)11(3)25-18(30)13(21)5-6-15(22)28/h8-11,13-14,16H,4-7,21H2,1-3H3,(H2,22,28)(H,23,24)(H,25,30)(H,26,29)(H,27,31)(H,32,33). The molecule has 4 amide bonds. The molecule has 0 aromatic carbocycles. The van der Waals surface area contributed by atoms with E-state index in [0.29, 0.717) is 12.1 Å². The summed E-state index contributed by atoms with van der Waals surface area (Å²) in [4.78, 5) is 66.8. The van der Waals surface area contributed by atoms with Crippen molar-refractivity contribution in [1.29, 1.82) is 0 Å². The molecule has 33 heavy (non-hydrogen) atoms. The van der Waals surface area contributed by atoms with Crippen LogP contribution in [0.3, 0.4) is 0 Å². The molecule has 184 valence electrons. The van der Waals surface area contributed by atoms with Crippen molar-refractivity contribution in [2.24, 2.45) is 17.4 Å². The number of aromatic nitrogens is 2. The van der Waals surface area contributed by atoms with Crippen LogP contribution in [-0.4, -0.2) is 68.8 Å². The van der Waals surface area contributed by atoms with Gasteiger partial charge in [-0.15, -0.1) is 0 Å². The Morgan fingerprint density at radius 2 is 1.76 bits per heavy atom. The molecule has 0 aliphatic heterocycles. The summed E-state index contributed by atoms with van der Waals surface area (Å²) in [5, 5.41) is 16.9. The number of primary amides is 1. The van der Waals surface area contributed by atoms with E-state index in [1.54, 1.807) is 13.8 Å². The number of aromatic amines is 1. The average Bonchev–Trinajstić information content (AvgIpc) is 3.27. The molecule has 0 aliphatic carbocycles. The SMILES string of the molecule is CCC(C)C(NC(=O)C(Cc1cnc[nH]1)NC(=O)C(C)NC(=O)C(N)CCC(N)=O)C(=O)O. The minimum Gasteiger partial charge on any atom is -0.480 e. The van der Waals surface area contributed by atoms with E-state index < -0.39 is 53.8 Å². The maximum absolute atomic E-state index is 12.9. The maximum atomic E-state index is 12.9. The summed E-state index contributed by atoms with van der Waals surface area (Å²) < 4.78 is 0. The Labute approximate surface area is 191 Å². The van der Waals surface area contributed by atoms with Crippen LogP contribution in [0.4, 0.5) is 0 Å². The number of carbonyl (C=O) groups is 5. The van der Waals surface area contributed by atoms with E-state index in [9.17, 15) is 29.1 Å². The number of amides is 4. The fraction of sp³-hybridized carbons (Fsp3) is 0.600. The van der Waals surface area contributed by atoms with Crippen molar-refractivity contribution < 1.29 is 29.1 Å². The molecular formula is C20H33N7O6. The molecule has 0 radical (unpaired) electrons. The van der Waals surface area contributed by atoms with Gasteiger partial charge in [0.15, 0.2) is 0 Å². The lowest BCUT2D eigenvalue weighted by atomic mass is 9.98. The maximum Gasteiger partial charge on any atom is 0.326 e. The Balaban J connectivity index is 2.86. The predicted octanol–water partition coefficient (Wildman–Crippen LogP) is -1.85. The zero-order valence-electron chi connectivity index (χ0n) is 19.0. The van der Waals surface area contributed by atoms with Crippen LogP contribution in [-0.2, 0) is 30.4 Å². The minimum absolute atomic E-state index is 0.0171. The number of carbonyl (C=O) groups excluding carboxylic acids is 4. The highest BCUT2D eigenvalue weighted by Gasteiger charge is 2.31. The minimum atomic E-state index is -1.19. The van der Waals surface area contributed by atoms with Crippen molar-refractivity contribution in [2.45, 2.75) is 70.6 Å². The second-order valence-corrected chi connectivity index (χ2v) is 7.89. The number of nitrogens with one attached hydrogen (secondary N) is 4. The van der Waals surface area contributed by atoms with Crippen LogP contribution in [0.25, 0.3) is 0 Å². The monoisotopic (exact) mass is 467 g/mol.